The van der Waals surface area contributed by atoms with E-state index in [1.54, 1.807) is 6.20 Å². The van der Waals surface area contributed by atoms with Crippen molar-refractivity contribution in [3.05, 3.63) is 30.5 Å². The molecule has 6 nitrogen and oxygen atoms in total. The maximum absolute atomic E-state index is 4.63. The molecule has 2 aliphatic rings. The van der Waals surface area contributed by atoms with E-state index in [1.807, 2.05) is 0 Å². The van der Waals surface area contributed by atoms with Crippen molar-refractivity contribution < 1.29 is 0 Å². The van der Waals surface area contributed by atoms with Gasteiger partial charge in [0.05, 0.1) is 6.20 Å². The summed E-state index contributed by atoms with van der Waals surface area (Å²) in [5.74, 6) is 1.48. The Morgan fingerprint density at radius 3 is 2.08 bits per heavy atom. The van der Waals surface area contributed by atoms with Crippen LogP contribution in [0.3, 0.4) is 0 Å². The minimum absolute atomic E-state index is 0.564. The van der Waals surface area contributed by atoms with Crippen molar-refractivity contribution in [2.24, 2.45) is 0 Å². The Balaban J connectivity index is 1.43. The molecule has 0 bridgehead atoms. The summed E-state index contributed by atoms with van der Waals surface area (Å²) in [6, 6.07) is 8.55. The molecule has 6 heteroatoms. The monoisotopic (exact) mass is 338 g/mol. The molecular weight excluding hydrogens is 312 g/mol. The maximum Gasteiger partial charge on any atom is 0.249 e. The third-order valence-electron chi connectivity index (χ3n) is 5.07. The average molecular weight is 338 g/mol. The Morgan fingerprint density at radius 2 is 1.40 bits per heavy atom. The molecule has 0 atom stereocenters. The summed E-state index contributed by atoms with van der Waals surface area (Å²) < 4.78 is 0. The maximum atomic E-state index is 4.63. The fraction of sp³-hybridized carbons (Fsp3) is 0.526. The van der Waals surface area contributed by atoms with Gasteiger partial charge < -0.3 is 15.1 Å². The van der Waals surface area contributed by atoms with Crippen LogP contribution in [0.4, 0.5) is 23.1 Å². The third kappa shape index (κ3) is 4.00. The molecule has 2 saturated heterocycles. The van der Waals surface area contributed by atoms with E-state index in [1.165, 1.54) is 44.2 Å². The standard InChI is InChI=1S/C19H26N6/c1-3-11-24(12-4-1)17-9-7-16(8-10-17)21-19-22-18(15-20-23-19)25-13-5-2-6-14-25/h7-10,15H,1-6,11-14H2,(H,21,22,23). The Bertz CT molecular complexity index is 675. The van der Waals surface area contributed by atoms with Crippen molar-refractivity contribution in [1.29, 1.82) is 0 Å². The molecule has 0 aliphatic carbocycles. The molecule has 0 unspecified atom stereocenters. The zero-order valence-corrected chi connectivity index (χ0v) is 14.7. The van der Waals surface area contributed by atoms with E-state index in [0.717, 1.165) is 37.7 Å². The third-order valence-corrected chi connectivity index (χ3v) is 5.07. The van der Waals surface area contributed by atoms with Crippen LogP contribution < -0.4 is 15.1 Å². The topological polar surface area (TPSA) is 57.2 Å². The lowest BCUT2D eigenvalue weighted by Crippen LogP contribution is -2.30. The molecule has 1 aromatic heterocycles. The molecule has 4 rings (SSSR count). The first-order chi connectivity index (χ1) is 12.4. The average Bonchev–Trinajstić information content (AvgIpc) is 2.70. The van der Waals surface area contributed by atoms with Crippen LogP contribution in [0.15, 0.2) is 30.5 Å². The predicted molar refractivity (Wildman–Crippen MR) is 102 cm³/mol. The van der Waals surface area contributed by atoms with Crippen LogP contribution in [0.1, 0.15) is 38.5 Å². The van der Waals surface area contributed by atoms with Gasteiger partial charge in [-0.05, 0) is 62.8 Å². The SMILES string of the molecule is c1cc(N2CCCCC2)ccc1Nc1nncc(N2CCCCC2)n1. The molecule has 1 aromatic carbocycles. The Hall–Kier alpha value is -2.37. The summed E-state index contributed by atoms with van der Waals surface area (Å²) in [6.45, 7) is 4.45. The number of anilines is 4. The molecule has 2 aromatic rings. The van der Waals surface area contributed by atoms with Gasteiger partial charge >= 0.3 is 0 Å². The van der Waals surface area contributed by atoms with Gasteiger partial charge in [-0.25, -0.2) is 0 Å². The van der Waals surface area contributed by atoms with Gasteiger partial charge in [-0.1, -0.05) is 0 Å². The summed E-state index contributed by atoms with van der Waals surface area (Å²) in [5.41, 5.74) is 2.30. The summed E-state index contributed by atoms with van der Waals surface area (Å²) >= 11 is 0. The van der Waals surface area contributed by atoms with Gasteiger partial charge in [0.1, 0.15) is 0 Å². The van der Waals surface area contributed by atoms with Gasteiger partial charge in [0.2, 0.25) is 5.95 Å². The summed E-state index contributed by atoms with van der Waals surface area (Å²) in [4.78, 5) is 9.39. The van der Waals surface area contributed by atoms with Crippen molar-refractivity contribution in [3.8, 4) is 0 Å². The lowest BCUT2D eigenvalue weighted by molar-refractivity contribution is 0.572. The number of hydrogen-bond acceptors (Lipinski definition) is 6. The van der Waals surface area contributed by atoms with Gasteiger partial charge in [0.25, 0.3) is 0 Å². The highest BCUT2D eigenvalue weighted by atomic mass is 15.3. The summed E-state index contributed by atoms with van der Waals surface area (Å²) in [5, 5.41) is 11.5. The second-order valence-corrected chi connectivity index (χ2v) is 6.91. The Morgan fingerprint density at radius 1 is 0.760 bits per heavy atom. The van der Waals surface area contributed by atoms with Crippen LogP contribution in [0.2, 0.25) is 0 Å². The first kappa shape index (κ1) is 16.1. The van der Waals surface area contributed by atoms with Gasteiger partial charge in [0, 0.05) is 37.6 Å². The van der Waals surface area contributed by atoms with E-state index < -0.39 is 0 Å². The highest BCUT2D eigenvalue weighted by Gasteiger charge is 2.14. The second-order valence-electron chi connectivity index (χ2n) is 6.91. The van der Waals surface area contributed by atoms with Gasteiger partial charge in [-0.15, -0.1) is 5.10 Å². The van der Waals surface area contributed by atoms with Crippen LogP contribution >= 0.6 is 0 Å². The second kappa shape index (κ2) is 7.68. The molecule has 0 saturated carbocycles. The van der Waals surface area contributed by atoms with Crippen LogP contribution in [-0.2, 0) is 0 Å². The molecule has 3 heterocycles. The zero-order valence-electron chi connectivity index (χ0n) is 14.7. The number of rotatable bonds is 4. The van der Waals surface area contributed by atoms with E-state index in [4.69, 9.17) is 0 Å². The quantitative estimate of drug-likeness (QED) is 0.919. The minimum atomic E-state index is 0.564. The number of nitrogens with one attached hydrogen (secondary N) is 1. The highest BCUT2D eigenvalue weighted by molar-refractivity contribution is 5.60. The Kier molecular flexibility index (Phi) is 4.95. The van der Waals surface area contributed by atoms with E-state index in [9.17, 15) is 0 Å². The van der Waals surface area contributed by atoms with Crippen LogP contribution in [0.5, 0.6) is 0 Å². The fourth-order valence-corrected chi connectivity index (χ4v) is 3.66. The molecule has 132 valence electrons. The number of benzene rings is 1. The number of nitrogens with zero attached hydrogens (tertiary/aromatic N) is 5. The van der Waals surface area contributed by atoms with Gasteiger partial charge in [-0.2, -0.15) is 10.1 Å². The van der Waals surface area contributed by atoms with E-state index in [-0.39, 0.29) is 0 Å². The smallest absolute Gasteiger partial charge is 0.249 e. The normalized spacial score (nSPS) is 18.2. The van der Waals surface area contributed by atoms with E-state index >= 15 is 0 Å². The van der Waals surface area contributed by atoms with Crippen molar-refractivity contribution in [2.45, 2.75) is 38.5 Å². The lowest BCUT2D eigenvalue weighted by Gasteiger charge is -2.29. The minimum Gasteiger partial charge on any atom is -0.372 e. The molecule has 0 spiro atoms. The molecular formula is C19H26N6. The Labute approximate surface area is 149 Å². The first-order valence-electron chi connectivity index (χ1n) is 9.45. The predicted octanol–water partition coefficient (Wildman–Crippen LogP) is 3.60. The van der Waals surface area contributed by atoms with Crippen molar-refractivity contribution in [3.63, 3.8) is 0 Å². The molecule has 1 N–H and O–H groups in total. The largest absolute Gasteiger partial charge is 0.372 e. The van der Waals surface area contributed by atoms with Crippen molar-refractivity contribution in [2.75, 3.05) is 41.3 Å². The number of aromatic nitrogens is 3. The molecule has 0 radical (unpaired) electrons. The number of hydrogen-bond donors (Lipinski definition) is 1. The number of piperidine rings is 2. The zero-order chi connectivity index (χ0) is 16.9. The van der Waals surface area contributed by atoms with Crippen LogP contribution in [0.25, 0.3) is 0 Å². The molecule has 2 aliphatic heterocycles. The highest BCUT2D eigenvalue weighted by Crippen LogP contribution is 2.23. The summed E-state index contributed by atoms with van der Waals surface area (Å²) in [7, 11) is 0. The lowest BCUT2D eigenvalue weighted by atomic mass is 10.1. The first-order valence-corrected chi connectivity index (χ1v) is 9.45. The molecule has 2 fully saturated rings. The fourth-order valence-electron chi connectivity index (χ4n) is 3.66. The molecule has 25 heavy (non-hydrogen) atoms. The van der Waals surface area contributed by atoms with Crippen LogP contribution in [-0.4, -0.2) is 41.4 Å². The molecule has 0 amide bonds. The van der Waals surface area contributed by atoms with Gasteiger partial charge in [0.15, 0.2) is 5.82 Å². The van der Waals surface area contributed by atoms with Crippen molar-refractivity contribution >= 4 is 23.1 Å². The van der Waals surface area contributed by atoms with Crippen LogP contribution in [0, 0.1) is 0 Å². The summed E-state index contributed by atoms with van der Waals surface area (Å²) in [6.07, 6.45) is 9.47. The van der Waals surface area contributed by atoms with Gasteiger partial charge in [-0.3, -0.25) is 0 Å². The van der Waals surface area contributed by atoms with E-state index in [0.29, 0.717) is 5.95 Å². The van der Waals surface area contributed by atoms with E-state index in [2.05, 4.69) is 54.6 Å². The van der Waals surface area contributed by atoms with Crippen molar-refractivity contribution in [1.82, 2.24) is 15.2 Å².